The average molecular weight is 445 g/mol. The maximum absolute atomic E-state index is 6.18. The van der Waals surface area contributed by atoms with Crippen LogP contribution in [-0.4, -0.2) is 56.9 Å². The number of piperidine rings is 1. The molecule has 134 valence electrons. The molecule has 1 aliphatic heterocycles. The van der Waals surface area contributed by atoms with Gasteiger partial charge < -0.3 is 19.7 Å². The number of para-hydroxylation sites is 1. The molecule has 0 radical (unpaired) electrons. The fraction of sp³-hybridized carbons (Fsp3) is 0.611. The summed E-state index contributed by atoms with van der Waals surface area (Å²) in [5.41, 5.74) is 0. The van der Waals surface area contributed by atoms with Crippen LogP contribution >= 0.6 is 22.6 Å². The maximum atomic E-state index is 6.18. The first kappa shape index (κ1) is 19.3. The molecule has 24 heavy (non-hydrogen) atoms. The van der Waals surface area contributed by atoms with E-state index in [4.69, 9.17) is 14.5 Å². The fourth-order valence-corrected chi connectivity index (χ4v) is 3.24. The van der Waals surface area contributed by atoms with Crippen LogP contribution in [0.1, 0.15) is 26.2 Å². The van der Waals surface area contributed by atoms with Gasteiger partial charge in [0.15, 0.2) is 5.96 Å². The number of nitrogens with one attached hydrogen (secondary N) is 1. The third-order valence-electron chi connectivity index (χ3n) is 3.97. The summed E-state index contributed by atoms with van der Waals surface area (Å²) in [5.74, 6) is 2.01. The number of guanidine groups is 1. The molecule has 2 rings (SSSR count). The number of ether oxygens (including phenoxy) is 2. The Kier molecular flexibility index (Phi) is 8.66. The largest absolute Gasteiger partial charge is 0.489 e. The Hall–Kier alpha value is -1.02. The topological polar surface area (TPSA) is 46.1 Å². The zero-order chi connectivity index (χ0) is 17.2. The Morgan fingerprint density at radius 2 is 2.08 bits per heavy atom. The molecule has 0 spiro atoms. The van der Waals surface area contributed by atoms with Crippen LogP contribution in [-0.2, 0) is 4.74 Å². The van der Waals surface area contributed by atoms with Crippen LogP contribution in [0.25, 0.3) is 0 Å². The van der Waals surface area contributed by atoms with Gasteiger partial charge in [-0.15, -0.1) is 0 Å². The molecule has 1 N–H and O–H groups in total. The van der Waals surface area contributed by atoms with Gasteiger partial charge in [0.2, 0.25) is 0 Å². The second-order valence-corrected chi connectivity index (χ2v) is 6.98. The van der Waals surface area contributed by atoms with E-state index in [-0.39, 0.29) is 6.10 Å². The predicted octanol–water partition coefficient (Wildman–Crippen LogP) is 3.14. The molecule has 0 saturated carbocycles. The molecule has 6 heteroatoms. The van der Waals surface area contributed by atoms with E-state index in [1.807, 2.05) is 12.1 Å². The molecule has 1 aliphatic rings. The van der Waals surface area contributed by atoms with Gasteiger partial charge in [0, 0.05) is 52.7 Å². The molecular weight excluding hydrogens is 417 g/mol. The second-order valence-electron chi connectivity index (χ2n) is 5.82. The molecule has 1 aromatic carbocycles. The molecule has 1 aromatic rings. The first-order valence-electron chi connectivity index (χ1n) is 8.68. The van der Waals surface area contributed by atoms with E-state index in [1.165, 1.54) is 3.57 Å². The van der Waals surface area contributed by atoms with Gasteiger partial charge in [0.1, 0.15) is 11.9 Å². The van der Waals surface area contributed by atoms with Crippen molar-refractivity contribution in [2.24, 2.45) is 4.99 Å². The van der Waals surface area contributed by atoms with Gasteiger partial charge in [-0.3, -0.25) is 4.99 Å². The zero-order valence-corrected chi connectivity index (χ0v) is 16.8. The molecule has 1 heterocycles. The van der Waals surface area contributed by atoms with Crippen LogP contribution in [0.3, 0.4) is 0 Å². The lowest BCUT2D eigenvalue weighted by molar-refractivity contribution is 0.128. The molecule has 1 saturated heterocycles. The summed E-state index contributed by atoms with van der Waals surface area (Å²) < 4.78 is 12.4. The number of nitrogens with zero attached hydrogens (tertiary/aromatic N) is 2. The van der Waals surface area contributed by atoms with E-state index in [9.17, 15) is 0 Å². The van der Waals surface area contributed by atoms with E-state index in [2.05, 4.69) is 51.9 Å². The minimum absolute atomic E-state index is 0.286. The first-order chi connectivity index (χ1) is 11.7. The Labute approximate surface area is 158 Å². The lowest BCUT2D eigenvalue weighted by Crippen LogP contribution is -2.47. The van der Waals surface area contributed by atoms with Crippen molar-refractivity contribution in [2.45, 2.75) is 32.3 Å². The summed E-state index contributed by atoms with van der Waals surface area (Å²) in [4.78, 5) is 7.05. The molecule has 0 aromatic heterocycles. The average Bonchev–Trinajstić information content (AvgIpc) is 2.60. The zero-order valence-electron chi connectivity index (χ0n) is 14.6. The highest BCUT2D eigenvalue weighted by molar-refractivity contribution is 14.1. The van der Waals surface area contributed by atoms with Crippen LogP contribution in [0.4, 0.5) is 0 Å². The van der Waals surface area contributed by atoms with Crippen molar-refractivity contribution in [1.82, 2.24) is 10.2 Å². The summed E-state index contributed by atoms with van der Waals surface area (Å²) in [5, 5.41) is 3.40. The minimum Gasteiger partial charge on any atom is -0.489 e. The van der Waals surface area contributed by atoms with Crippen LogP contribution in [0.5, 0.6) is 5.75 Å². The minimum atomic E-state index is 0.286. The summed E-state index contributed by atoms with van der Waals surface area (Å²) >= 11 is 2.33. The van der Waals surface area contributed by atoms with Crippen molar-refractivity contribution >= 4 is 28.6 Å². The molecular formula is C18H28IN3O2. The third kappa shape index (κ3) is 6.12. The highest BCUT2D eigenvalue weighted by Crippen LogP contribution is 2.24. The molecule has 0 bridgehead atoms. The van der Waals surface area contributed by atoms with Gasteiger partial charge in [-0.1, -0.05) is 12.1 Å². The monoisotopic (exact) mass is 445 g/mol. The number of methoxy groups -OCH3 is 1. The van der Waals surface area contributed by atoms with E-state index in [1.54, 1.807) is 7.11 Å². The number of benzene rings is 1. The van der Waals surface area contributed by atoms with Crippen LogP contribution < -0.4 is 10.1 Å². The first-order valence-corrected chi connectivity index (χ1v) is 9.75. The SMILES string of the molecule is CCNC(=NCCCOC)N1CCC(Oc2ccccc2I)CC1. The van der Waals surface area contributed by atoms with E-state index in [0.29, 0.717) is 0 Å². The van der Waals surface area contributed by atoms with Gasteiger partial charge in [0.25, 0.3) is 0 Å². The molecule has 0 amide bonds. The van der Waals surface area contributed by atoms with Gasteiger partial charge in [-0.2, -0.15) is 0 Å². The predicted molar refractivity (Wildman–Crippen MR) is 107 cm³/mol. The van der Waals surface area contributed by atoms with Crippen molar-refractivity contribution in [2.75, 3.05) is 39.9 Å². The summed E-state index contributed by atoms with van der Waals surface area (Å²) in [6.45, 7) is 6.51. The Morgan fingerprint density at radius 1 is 1.33 bits per heavy atom. The van der Waals surface area contributed by atoms with Gasteiger partial charge in [-0.25, -0.2) is 0 Å². The van der Waals surface area contributed by atoms with Gasteiger partial charge >= 0.3 is 0 Å². The number of hydrogen-bond acceptors (Lipinski definition) is 3. The normalized spacial score (nSPS) is 16.3. The van der Waals surface area contributed by atoms with Crippen molar-refractivity contribution < 1.29 is 9.47 Å². The van der Waals surface area contributed by atoms with Crippen molar-refractivity contribution in [1.29, 1.82) is 0 Å². The van der Waals surface area contributed by atoms with Crippen LogP contribution in [0, 0.1) is 3.57 Å². The lowest BCUT2D eigenvalue weighted by atomic mass is 10.1. The lowest BCUT2D eigenvalue weighted by Gasteiger charge is -2.34. The van der Waals surface area contributed by atoms with Crippen molar-refractivity contribution in [3.63, 3.8) is 0 Å². The van der Waals surface area contributed by atoms with E-state index >= 15 is 0 Å². The number of halogens is 1. The molecule has 0 atom stereocenters. The molecule has 5 nitrogen and oxygen atoms in total. The van der Waals surface area contributed by atoms with Crippen LogP contribution in [0.2, 0.25) is 0 Å². The van der Waals surface area contributed by atoms with Crippen molar-refractivity contribution in [3.05, 3.63) is 27.8 Å². The highest BCUT2D eigenvalue weighted by Gasteiger charge is 2.23. The van der Waals surface area contributed by atoms with Gasteiger partial charge in [0.05, 0.1) is 3.57 Å². The molecule has 0 unspecified atom stereocenters. The van der Waals surface area contributed by atoms with E-state index < -0.39 is 0 Å². The summed E-state index contributed by atoms with van der Waals surface area (Å²) in [6.07, 6.45) is 3.28. The highest BCUT2D eigenvalue weighted by atomic mass is 127. The number of likely N-dealkylation sites (tertiary alicyclic amines) is 1. The Bertz CT molecular complexity index is 517. The number of hydrogen-bond donors (Lipinski definition) is 1. The standard InChI is InChI=1S/C18H28IN3O2/c1-3-20-18(21-11-6-14-23-2)22-12-9-15(10-13-22)24-17-8-5-4-7-16(17)19/h4-5,7-8,15H,3,6,9-14H2,1-2H3,(H,20,21). The maximum Gasteiger partial charge on any atom is 0.193 e. The van der Waals surface area contributed by atoms with Crippen molar-refractivity contribution in [3.8, 4) is 5.75 Å². The van der Waals surface area contributed by atoms with Gasteiger partial charge in [-0.05, 0) is 48.1 Å². The number of rotatable bonds is 7. The Balaban J connectivity index is 1.84. The second kappa shape index (κ2) is 10.8. The molecule has 1 fully saturated rings. The smallest absolute Gasteiger partial charge is 0.193 e. The summed E-state index contributed by atoms with van der Waals surface area (Å²) in [6, 6.07) is 8.21. The molecule has 0 aliphatic carbocycles. The third-order valence-corrected chi connectivity index (χ3v) is 4.87. The fourth-order valence-electron chi connectivity index (χ4n) is 2.72. The quantitative estimate of drug-likeness (QED) is 0.303. The number of aliphatic imine (C=N–C) groups is 1. The van der Waals surface area contributed by atoms with Crippen LogP contribution in [0.15, 0.2) is 29.3 Å². The Morgan fingerprint density at radius 3 is 2.75 bits per heavy atom. The summed E-state index contributed by atoms with van der Waals surface area (Å²) in [7, 11) is 1.73. The van der Waals surface area contributed by atoms with E-state index in [0.717, 1.165) is 63.8 Å².